The van der Waals surface area contributed by atoms with Crippen LogP contribution in [0.15, 0.2) is 36.5 Å². The molecule has 0 spiro atoms. The van der Waals surface area contributed by atoms with Crippen molar-refractivity contribution in [3.63, 3.8) is 0 Å². The van der Waals surface area contributed by atoms with Crippen molar-refractivity contribution in [1.29, 1.82) is 0 Å². The van der Waals surface area contributed by atoms with Gasteiger partial charge in [0.05, 0.1) is 13.5 Å². The van der Waals surface area contributed by atoms with Gasteiger partial charge in [0.15, 0.2) is 0 Å². The molecule has 0 aromatic carbocycles. The molecule has 0 amide bonds. The van der Waals surface area contributed by atoms with E-state index in [1.807, 2.05) is 39.0 Å². The molecular formula is C27H41N5O3. The molecule has 8 heteroatoms. The zero-order valence-corrected chi connectivity index (χ0v) is 21.6. The fourth-order valence-electron chi connectivity index (χ4n) is 3.72. The Labute approximate surface area is 209 Å². The molecule has 2 aromatic rings. The number of rotatable bonds is 15. The van der Waals surface area contributed by atoms with Gasteiger partial charge in [-0.3, -0.25) is 4.79 Å². The van der Waals surface area contributed by atoms with Crippen molar-refractivity contribution >= 4 is 11.8 Å². The molecule has 2 aromatic heterocycles. The highest BCUT2D eigenvalue weighted by atomic mass is 16.6. The quantitative estimate of drug-likeness (QED) is 0.259. The van der Waals surface area contributed by atoms with Crippen LogP contribution in [0.4, 0.5) is 5.82 Å². The highest BCUT2D eigenvalue weighted by molar-refractivity contribution is 5.71. The standard InChI is InChI=1S/C27H41N5O3/c1-27(2,3)35-26(33)17-23(21-12-13-25(34-4)31-19-21)29-16-15-28-14-6-8-22-7-5-9-24(32-22)30-18-20-10-11-20/h5,7,9,12-13,19-20,23,28-29H,6,8,10-11,14-18H2,1-4H3,(H,30,32). The van der Waals surface area contributed by atoms with Crippen molar-refractivity contribution in [2.45, 2.75) is 64.5 Å². The first-order valence-corrected chi connectivity index (χ1v) is 12.7. The van der Waals surface area contributed by atoms with E-state index in [2.05, 4.69) is 33.1 Å². The molecule has 8 nitrogen and oxygen atoms in total. The Hall–Kier alpha value is -2.71. The lowest BCUT2D eigenvalue weighted by molar-refractivity contribution is -0.155. The van der Waals surface area contributed by atoms with Gasteiger partial charge in [-0.2, -0.15) is 0 Å². The van der Waals surface area contributed by atoms with Crippen LogP contribution in [0.2, 0.25) is 0 Å². The molecule has 3 N–H and O–H groups in total. The average molecular weight is 484 g/mol. The predicted octanol–water partition coefficient (Wildman–Crippen LogP) is 3.89. The number of anilines is 1. The van der Waals surface area contributed by atoms with Crippen LogP contribution >= 0.6 is 0 Å². The summed E-state index contributed by atoms with van der Waals surface area (Å²) in [6.07, 6.45) is 6.62. The molecule has 1 aliphatic rings. The minimum absolute atomic E-state index is 0.180. The van der Waals surface area contributed by atoms with Crippen LogP contribution in [0.25, 0.3) is 0 Å². The van der Waals surface area contributed by atoms with Gasteiger partial charge in [0, 0.05) is 43.6 Å². The molecule has 1 saturated carbocycles. The summed E-state index contributed by atoms with van der Waals surface area (Å²) in [5.74, 6) is 2.13. The summed E-state index contributed by atoms with van der Waals surface area (Å²) in [6.45, 7) is 9.09. The second kappa shape index (κ2) is 13.4. The van der Waals surface area contributed by atoms with E-state index < -0.39 is 5.60 Å². The molecule has 1 unspecified atom stereocenters. The number of aromatic nitrogens is 2. The number of hydrogen-bond acceptors (Lipinski definition) is 8. The minimum atomic E-state index is -0.511. The third-order valence-corrected chi connectivity index (χ3v) is 5.72. The van der Waals surface area contributed by atoms with E-state index in [1.165, 1.54) is 12.8 Å². The van der Waals surface area contributed by atoms with Gasteiger partial charge in [-0.1, -0.05) is 12.1 Å². The van der Waals surface area contributed by atoms with E-state index >= 15 is 0 Å². The smallest absolute Gasteiger partial charge is 0.308 e. The summed E-state index contributed by atoms with van der Waals surface area (Å²) in [5, 5.41) is 10.4. The highest BCUT2D eigenvalue weighted by Gasteiger charge is 2.22. The van der Waals surface area contributed by atoms with Crippen LogP contribution in [0.3, 0.4) is 0 Å². The van der Waals surface area contributed by atoms with Crippen LogP contribution in [0, 0.1) is 5.92 Å². The van der Waals surface area contributed by atoms with Crippen LogP contribution in [-0.2, 0) is 16.0 Å². The number of hydrogen-bond donors (Lipinski definition) is 3. The maximum Gasteiger partial charge on any atom is 0.308 e. The van der Waals surface area contributed by atoms with E-state index in [4.69, 9.17) is 14.5 Å². The summed E-state index contributed by atoms with van der Waals surface area (Å²) >= 11 is 0. The van der Waals surface area contributed by atoms with E-state index in [9.17, 15) is 4.79 Å². The summed E-state index contributed by atoms with van der Waals surface area (Å²) in [6, 6.07) is 9.77. The monoisotopic (exact) mass is 483 g/mol. The van der Waals surface area contributed by atoms with Gasteiger partial charge < -0.3 is 25.4 Å². The lowest BCUT2D eigenvalue weighted by Gasteiger charge is -2.23. The van der Waals surface area contributed by atoms with Crippen molar-refractivity contribution in [1.82, 2.24) is 20.6 Å². The highest BCUT2D eigenvalue weighted by Crippen LogP contribution is 2.28. The van der Waals surface area contributed by atoms with E-state index in [-0.39, 0.29) is 18.4 Å². The number of methoxy groups -OCH3 is 1. The molecule has 0 bridgehead atoms. The SMILES string of the molecule is COc1ccc(C(CC(=O)OC(C)(C)C)NCCNCCCc2cccc(NCC3CC3)n2)cn1. The normalized spacial score (nSPS) is 14.4. The molecule has 2 heterocycles. The molecule has 35 heavy (non-hydrogen) atoms. The zero-order valence-electron chi connectivity index (χ0n) is 21.6. The summed E-state index contributed by atoms with van der Waals surface area (Å²) in [5.41, 5.74) is 1.54. The van der Waals surface area contributed by atoms with Gasteiger partial charge >= 0.3 is 5.97 Å². The summed E-state index contributed by atoms with van der Waals surface area (Å²) in [7, 11) is 1.59. The Kier molecular flexibility index (Phi) is 10.3. The molecule has 0 radical (unpaired) electrons. The number of nitrogens with zero attached hydrogens (tertiary/aromatic N) is 2. The number of aryl methyl sites for hydroxylation is 1. The van der Waals surface area contributed by atoms with Crippen LogP contribution < -0.4 is 20.7 Å². The fourth-order valence-corrected chi connectivity index (χ4v) is 3.72. The fraction of sp³-hybridized carbons (Fsp3) is 0.593. The Morgan fingerprint density at radius 3 is 2.66 bits per heavy atom. The Balaban J connectivity index is 1.38. The van der Waals surface area contributed by atoms with E-state index in [0.29, 0.717) is 5.88 Å². The summed E-state index contributed by atoms with van der Waals surface area (Å²) in [4.78, 5) is 21.4. The van der Waals surface area contributed by atoms with Gasteiger partial charge in [-0.25, -0.2) is 9.97 Å². The van der Waals surface area contributed by atoms with Gasteiger partial charge in [0.2, 0.25) is 5.88 Å². The molecule has 3 rings (SSSR count). The Morgan fingerprint density at radius 2 is 1.97 bits per heavy atom. The van der Waals surface area contributed by atoms with Gasteiger partial charge in [-0.05, 0) is 76.6 Å². The van der Waals surface area contributed by atoms with Crippen LogP contribution in [-0.4, -0.2) is 54.8 Å². The van der Waals surface area contributed by atoms with E-state index in [0.717, 1.165) is 62.0 Å². The Bertz CT molecular complexity index is 910. The molecule has 1 fully saturated rings. The second-order valence-electron chi connectivity index (χ2n) is 10.1. The minimum Gasteiger partial charge on any atom is -0.481 e. The first-order chi connectivity index (χ1) is 16.8. The van der Waals surface area contributed by atoms with E-state index in [1.54, 1.807) is 13.3 Å². The predicted molar refractivity (Wildman–Crippen MR) is 139 cm³/mol. The maximum absolute atomic E-state index is 12.4. The van der Waals surface area contributed by atoms with Gasteiger partial charge in [-0.15, -0.1) is 0 Å². The number of nitrogens with one attached hydrogen (secondary N) is 3. The zero-order chi connectivity index (χ0) is 25.1. The molecule has 1 atom stereocenters. The molecular weight excluding hydrogens is 442 g/mol. The number of carbonyl (C=O) groups is 1. The van der Waals surface area contributed by atoms with Crippen molar-refractivity contribution < 1.29 is 14.3 Å². The first kappa shape index (κ1) is 26.9. The number of carbonyl (C=O) groups excluding carboxylic acids is 1. The molecule has 192 valence electrons. The number of pyridine rings is 2. The average Bonchev–Trinajstić information content (AvgIpc) is 3.65. The van der Waals surface area contributed by atoms with Crippen molar-refractivity contribution in [3.8, 4) is 5.88 Å². The van der Waals surface area contributed by atoms with Crippen molar-refractivity contribution in [3.05, 3.63) is 47.8 Å². The van der Waals surface area contributed by atoms with Gasteiger partial charge in [0.1, 0.15) is 11.4 Å². The first-order valence-electron chi connectivity index (χ1n) is 12.7. The lowest BCUT2D eigenvalue weighted by Crippen LogP contribution is -2.33. The van der Waals surface area contributed by atoms with Gasteiger partial charge in [0.25, 0.3) is 0 Å². The largest absolute Gasteiger partial charge is 0.481 e. The topological polar surface area (TPSA) is 97.4 Å². The molecule has 0 saturated heterocycles. The van der Waals surface area contributed by atoms with Crippen LogP contribution in [0.1, 0.15) is 63.8 Å². The number of esters is 1. The maximum atomic E-state index is 12.4. The third kappa shape index (κ3) is 10.6. The van der Waals surface area contributed by atoms with Crippen molar-refractivity contribution in [2.75, 3.05) is 38.6 Å². The molecule has 0 aliphatic heterocycles. The third-order valence-electron chi connectivity index (χ3n) is 5.72. The number of ether oxygens (including phenoxy) is 2. The lowest BCUT2D eigenvalue weighted by atomic mass is 10.1. The molecule has 1 aliphatic carbocycles. The second-order valence-corrected chi connectivity index (χ2v) is 10.1. The van der Waals surface area contributed by atoms with Crippen LogP contribution in [0.5, 0.6) is 5.88 Å². The van der Waals surface area contributed by atoms with Crippen molar-refractivity contribution in [2.24, 2.45) is 5.92 Å². The summed E-state index contributed by atoms with van der Waals surface area (Å²) < 4.78 is 10.7. The Morgan fingerprint density at radius 1 is 1.14 bits per heavy atom.